The summed E-state index contributed by atoms with van der Waals surface area (Å²) in [6.07, 6.45) is -5.00. The lowest BCUT2D eigenvalue weighted by atomic mass is 10.1. The van der Waals surface area contributed by atoms with Crippen LogP contribution in [0, 0.1) is 14.9 Å². The van der Waals surface area contributed by atoms with Gasteiger partial charge in [-0.3, -0.25) is 4.79 Å². The summed E-state index contributed by atoms with van der Waals surface area (Å²) in [5.41, 5.74) is 0.122. The minimum absolute atomic E-state index is 0.118. The topological polar surface area (TPSA) is 59.3 Å². The average Bonchev–Trinajstić information content (AvgIpc) is 2.31. The van der Waals surface area contributed by atoms with Crippen LogP contribution in [0.15, 0.2) is 12.1 Å². The van der Waals surface area contributed by atoms with Gasteiger partial charge in [0, 0.05) is 3.57 Å². The Balaban J connectivity index is 3.08. The second-order valence-electron chi connectivity index (χ2n) is 3.58. The number of benzene rings is 1. The molecule has 0 heterocycles. The highest BCUT2D eigenvalue weighted by Crippen LogP contribution is 2.30. The van der Waals surface area contributed by atoms with E-state index in [4.69, 9.17) is 10.00 Å². The highest BCUT2D eigenvalue weighted by Gasteiger charge is 2.32. The van der Waals surface area contributed by atoms with E-state index in [9.17, 15) is 18.0 Å². The molecule has 0 bridgehead atoms. The van der Waals surface area contributed by atoms with Crippen LogP contribution in [-0.2, 0) is 16.0 Å². The molecule has 0 aliphatic heterocycles. The van der Waals surface area contributed by atoms with Crippen molar-refractivity contribution in [1.29, 1.82) is 5.26 Å². The van der Waals surface area contributed by atoms with Gasteiger partial charge in [0.25, 0.3) is 0 Å². The first-order valence-electron chi connectivity index (χ1n) is 5.40. The summed E-state index contributed by atoms with van der Waals surface area (Å²) < 4.78 is 45.5. The number of hydrogen-bond acceptors (Lipinski definition) is 4. The third-order valence-electron chi connectivity index (χ3n) is 2.13. The summed E-state index contributed by atoms with van der Waals surface area (Å²) >= 11 is 1.77. The van der Waals surface area contributed by atoms with Crippen molar-refractivity contribution in [1.82, 2.24) is 0 Å². The number of rotatable bonds is 4. The Morgan fingerprint density at radius 2 is 2.10 bits per heavy atom. The Bertz CT molecular complexity index is 552. The molecule has 0 saturated heterocycles. The quantitative estimate of drug-likeness (QED) is 0.577. The standard InChI is InChI=1S/C12H9F3INO3/c1-2-19-11(18)4-7-3-8(6-17)10(5-9(7)16)20-12(13,14)15/h3,5H,2,4H2,1H3. The molecule has 20 heavy (non-hydrogen) atoms. The molecule has 1 rings (SSSR count). The molecule has 0 atom stereocenters. The molecule has 0 radical (unpaired) electrons. The highest BCUT2D eigenvalue weighted by atomic mass is 127. The molecule has 0 N–H and O–H groups in total. The summed E-state index contributed by atoms with van der Waals surface area (Å²) in [7, 11) is 0. The third-order valence-corrected chi connectivity index (χ3v) is 3.14. The molecule has 0 spiro atoms. The SMILES string of the molecule is CCOC(=O)Cc1cc(C#N)c(OC(F)(F)F)cc1I. The summed E-state index contributed by atoms with van der Waals surface area (Å²) in [5, 5.41) is 8.85. The van der Waals surface area contributed by atoms with E-state index < -0.39 is 18.1 Å². The third kappa shape index (κ3) is 4.88. The van der Waals surface area contributed by atoms with Crippen molar-refractivity contribution in [3.05, 3.63) is 26.8 Å². The lowest BCUT2D eigenvalue weighted by Crippen LogP contribution is -2.18. The zero-order valence-corrected chi connectivity index (χ0v) is 12.4. The zero-order chi connectivity index (χ0) is 15.3. The molecule has 108 valence electrons. The lowest BCUT2D eigenvalue weighted by Gasteiger charge is -2.12. The van der Waals surface area contributed by atoms with Gasteiger partial charge in [-0.15, -0.1) is 13.2 Å². The molecule has 1 aromatic carbocycles. The summed E-state index contributed by atoms with van der Waals surface area (Å²) in [4.78, 5) is 11.4. The van der Waals surface area contributed by atoms with Crippen LogP contribution < -0.4 is 4.74 Å². The van der Waals surface area contributed by atoms with E-state index in [0.29, 0.717) is 9.13 Å². The van der Waals surface area contributed by atoms with Crippen molar-refractivity contribution < 1.29 is 27.4 Å². The Morgan fingerprint density at radius 1 is 1.45 bits per heavy atom. The van der Waals surface area contributed by atoms with Crippen molar-refractivity contribution >= 4 is 28.6 Å². The highest BCUT2D eigenvalue weighted by molar-refractivity contribution is 14.1. The number of alkyl halides is 3. The molecule has 0 aromatic heterocycles. The fourth-order valence-corrected chi connectivity index (χ4v) is 2.03. The lowest BCUT2D eigenvalue weighted by molar-refractivity contribution is -0.274. The first-order chi connectivity index (χ1) is 9.26. The number of carbonyl (C=O) groups is 1. The van der Waals surface area contributed by atoms with E-state index in [2.05, 4.69) is 4.74 Å². The Morgan fingerprint density at radius 3 is 2.60 bits per heavy atom. The van der Waals surface area contributed by atoms with Crippen LogP contribution in [0.5, 0.6) is 5.75 Å². The predicted molar refractivity (Wildman–Crippen MR) is 70.9 cm³/mol. The maximum Gasteiger partial charge on any atom is 0.573 e. The molecule has 4 nitrogen and oxygen atoms in total. The molecule has 0 amide bonds. The number of hydrogen-bond donors (Lipinski definition) is 0. The van der Waals surface area contributed by atoms with Crippen LogP contribution in [0.4, 0.5) is 13.2 Å². The number of nitrogens with zero attached hydrogens (tertiary/aromatic N) is 1. The predicted octanol–water partition coefficient (Wildman–Crippen LogP) is 3.17. The number of nitriles is 1. The van der Waals surface area contributed by atoms with E-state index in [-0.39, 0.29) is 18.6 Å². The molecular formula is C12H9F3INO3. The summed E-state index contributed by atoms with van der Waals surface area (Å²) in [6, 6.07) is 3.88. The van der Waals surface area contributed by atoms with E-state index in [1.165, 1.54) is 6.07 Å². The molecule has 1 aromatic rings. The van der Waals surface area contributed by atoms with Gasteiger partial charge in [0.05, 0.1) is 18.6 Å². The molecule has 0 aliphatic rings. The molecule has 0 saturated carbocycles. The number of carbonyl (C=O) groups excluding carboxylic acids is 1. The van der Waals surface area contributed by atoms with Crippen molar-refractivity contribution in [3.8, 4) is 11.8 Å². The fraction of sp³-hybridized carbons (Fsp3) is 0.333. The van der Waals surface area contributed by atoms with E-state index in [1.54, 1.807) is 35.6 Å². The first kappa shape index (κ1) is 16.6. The van der Waals surface area contributed by atoms with Crippen LogP contribution in [0.3, 0.4) is 0 Å². The minimum atomic E-state index is -4.88. The smallest absolute Gasteiger partial charge is 0.466 e. The van der Waals surface area contributed by atoms with Gasteiger partial charge in [-0.25, -0.2) is 0 Å². The summed E-state index contributed by atoms with van der Waals surface area (Å²) in [6.45, 7) is 1.85. The van der Waals surface area contributed by atoms with Gasteiger partial charge >= 0.3 is 12.3 Å². The van der Waals surface area contributed by atoms with Crippen LogP contribution in [0.25, 0.3) is 0 Å². The van der Waals surface area contributed by atoms with Crippen molar-refractivity contribution in [2.45, 2.75) is 19.7 Å². The normalized spacial score (nSPS) is 10.8. The number of halogens is 4. The van der Waals surface area contributed by atoms with E-state index >= 15 is 0 Å². The van der Waals surface area contributed by atoms with Crippen LogP contribution in [0.1, 0.15) is 18.1 Å². The second-order valence-corrected chi connectivity index (χ2v) is 4.74. The maximum absolute atomic E-state index is 12.2. The van der Waals surface area contributed by atoms with Gasteiger partial charge in [-0.1, -0.05) is 0 Å². The number of ether oxygens (including phenoxy) is 2. The van der Waals surface area contributed by atoms with Crippen LogP contribution >= 0.6 is 22.6 Å². The molecule has 0 unspecified atom stereocenters. The molecule has 0 fully saturated rings. The fourth-order valence-electron chi connectivity index (χ4n) is 1.40. The maximum atomic E-state index is 12.2. The Hall–Kier alpha value is -1.50. The van der Waals surface area contributed by atoms with Gasteiger partial charge in [0.15, 0.2) is 0 Å². The number of esters is 1. The monoisotopic (exact) mass is 399 g/mol. The largest absolute Gasteiger partial charge is 0.573 e. The molecule has 0 aliphatic carbocycles. The van der Waals surface area contributed by atoms with E-state index in [0.717, 1.165) is 6.07 Å². The average molecular weight is 399 g/mol. The first-order valence-corrected chi connectivity index (χ1v) is 6.48. The zero-order valence-electron chi connectivity index (χ0n) is 10.3. The minimum Gasteiger partial charge on any atom is -0.466 e. The van der Waals surface area contributed by atoms with Crippen molar-refractivity contribution in [2.75, 3.05) is 6.61 Å². The van der Waals surface area contributed by atoms with Gasteiger partial charge in [0.2, 0.25) is 0 Å². The molecule has 8 heteroatoms. The van der Waals surface area contributed by atoms with Gasteiger partial charge in [-0.2, -0.15) is 5.26 Å². The Kier molecular flexibility index (Phi) is 5.62. The van der Waals surface area contributed by atoms with Crippen molar-refractivity contribution in [2.24, 2.45) is 0 Å². The van der Waals surface area contributed by atoms with Crippen molar-refractivity contribution in [3.63, 3.8) is 0 Å². The van der Waals surface area contributed by atoms with Gasteiger partial charge < -0.3 is 9.47 Å². The van der Waals surface area contributed by atoms with Crippen LogP contribution in [-0.4, -0.2) is 18.9 Å². The van der Waals surface area contributed by atoms with Crippen LogP contribution in [0.2, 0.25) is 0 Å². The second kappa shape index (κ2) is 6.78. The Labute approximate surface area is 126 Å². The summed E-state index contributed by atoms with van der Waals surface area (Å²) in [5.74, 6) is -1.10. The van der Waals surface area contributed by atoms with Gasteiger partial charge in [-0.05, 0) is 47.2 Å². The van der Waals surface area contributed by atoms with Gasteiger partial charge in [0.1, 0.15) is 11.8 Å². The van der Waals surface area contributed by atoms with E-state index in [1.807, 2.05) is 0 Å². The molecular weight excluding hydrogens is 390 g/mol.